The van der Waals surface area contributed by atoms with E-state index in [0.29, 0.717) is 66.3 Å². The summed E-state index contributed by atoms with van der Waals surface area (Å²) >= 11 is 3.59. The van der Waals surface area contributed by atoms with Gasteiger partial charge in [0, 0.05) is 45.9 Å². The van der Waals surface area contributed by atoms with Crippen LogP contribution in [-0.4, -0.2) is 80.1 Å². The summed E-state index contributed by atoms with van der Waals surface area (Å²) in [6.45, 7) is 5.10. The summed E-state index contributed by atoms with van der Waals surface area (Å²) < 4.78 is 30.0. The Bertz CT molecular complexity index is 1530. The zero-order valence-corrected chi connectivity index (χ0v) is 27.3. The Labute approximate surface area is 261 Å². The lowest BCUT2D eigenvalue weighted by Gasteiger charge is -2.39. The normalized spacial score (nSPS) is 13.4. The minimum atomic E-state index is -1.58. The number of halogens is 1. The summed E-state index contributed by atoms with van der Waals surface area (Å²) in [4.78, 5) is 15.8. The third kappa shape index (κ3) is 6.95. The van der Waals surface area contributed by atoms with Gasteiger partial charge in [0.25, 0.3) is 5.88 Å². The summed E-state index contributed by atoms with van der Waals surface area (Å²) in [5.41, 5.74) is 1.00. The van der Waals surface area contributed by atoms with Gasteiger partial charge in [-0.2, -0.15) is 4.98 Å². The van der Waals surface area contributed by atoms with Gasteiger partial charge in [0.2, 0.25) is 17.6 Å². The van der Waals surface area contributed by atoms with E-state index in [4.69, 9.17) is 28.7 Å². The number of aliphatic hydroxyl groups is 1. The van der Waals surface area contributed by atoms with Crippen molar-refractivity contribution >= 4 is 26.8 Å². The highest BCUT2D eigenvalue weighted by molar-refractivity contribution is 9.10. The molecule has 0 aliphatic rings. The van der Waals surface area contributed by atoms with Crippen LogP contribution in [0.15, 0.2) is 53.1 Å². The second-order valence-electron chi connectivity index (χ2n) is 10.2. The fourth-order valence-corrected chi connectivity index (χ4v) is 5.62. The van der Waals surface area contributed by atoms with Crippen molar-refractivity contribution < 1.29 is 28.8 Å². The molecule has 0 radical (unpaired) electrons. The predicted molar refractivity (Wildman–Crippen MR) is 169 cm³/mol. The van der Waals surface area contributed by atoms with Crippen LogP contribution in [0.5, 0.6) is 29.3 Å². The third-order valence-electron chi connectivity index (χ3n) is 7.17. The Balaban J connectivity index is 2.14. The number of benzene rings is 1. The van der Waals surface area contributed by atoms with E-state index in [1.54, 1.807) is 32.5 Å². The van der Waals surface area contributed by atoms with Gasteiger partial charge in [-0.05, 0) is 70.3 Å². The quantitative estimate of drug-likeness (QED) is 0.185. The van der Waals surface area contributed by atoms with Gasteiger partial charge in [-0.1, -0.05) is 15.9 Å². The predicted octanol–water partition coefficient (Wildman–Crippen LogP) is 5.58. The third-order valence-corrected chi connectivity index (χ3v) is 7.66. The van der Waals surface area contributed by atoms with Gasteiger partial charge >= 0.3 is 0 Å². The molecule has 0 fully saturated rings. The van der Waals surface area contributed by atoms with Crippen molar-refractivity contribution in [3.63, 3.8) is 0 Å². The standard InChI is InChI=1S/C32H39BrN4O6/c1-8-42-26-18-21(19-27(36-26)43-9-2)32(38,13-15-37(3)4)28(23-12-14-34-31(41-7)29(23)39-5)24-17-20-16-22(33)10-11-25(20)35-30(24)40-6/h10-12,14,16-19,28,38H,8-9,13,15H2,1-7H3/t28-,32-/m1/s1. The minimum absolute atomic E-state index is 0.287. The highest BCUT2D eigenvalue weighted by Crippen LogP contribution is 2.51. The van der Waals surface area contributed by atoms with E-state index >= 15 is 0 Å². The van der Waals surface area contributed by atoms with Gasteiger partial charge in [0.15, 0.2) is 5.75 Å². The molecule has 11 heteroatoms. The van der Waals surface area contributed by atoms with Gasteiger partial charge in [0.05, 0.1) is 46.0 Å². The molecule has 230 valence electrons. The van der Waals surface area contributed by atoms with Crippen LogP contribution >= 0.6 is 15.9 Å². The van der Waals surface area contributed by atoms with E-state index in [1.165, 1.54) is 7.11 Å². The Morgan fingerprint density at radius 3 is 2.12 bits per heavy atom. The van der Waals surface area contributed by atoms with Crippen LogP contribution in [-0.2, 0) is 5.60 Å². The summed E-state index contributed by atoms with van der Waals surface area (Å²) in [5, 5.41) is 14.1. The zero-order valence-electron chi connectivity index (χ0n) is 25.7. The number of hydrogen-bond donors (Lipinski definition) is 1. The van der Waals surface area contributed by atoms with E-state index in [0.717, 1.165) is 15.4 Å². The minimum Gasteiger partial charge on any atom is -0.491 e. The molecule has 0 amide bonds. The van der Waals surface area contributed by atoms with Crippen molar-refractivity contribution in [3.05, 3.63) is 69.8 Å². The van der Waals surface area contributed by atoms with E-state index in [9.17, 15) is 5.11 Å². The lowest BCUT2D eigenvalue weighted by Crippen LogP contribution is -2.38. The molecule has 0 unspecified atom stereocenters. The maximum atomic E-state index is 13.2. The van der Waals surface area contributed by atoms with Crippen molar-refractivity contribution in [3.8, 4) is 29.3 Å². The monoisotopic (exact) mass is 654 g/mol. The maximum absolute atomic E-state index is 13.2. The molecule has 43 heavy (non-hydrogen) atoms. The first-order chi connectivity index (χ1) is 20.7. The zero-order chi connectivity index (χ0) is 31.1. The van der Waals surface area contributed by atoms with Gasteiger partial charge in [-0.3, -0.25) is 0 Å². The summed E-state index contributed by atoms with van der Waals surface area (Å²) in [5.74, 6) is 0.949. The molecule has 0 bridgehead atoms. The smallest absolute Gasteiger partial charge is 0.257 e. The largest absolute Gasteiger partial charge is 0.491 e. The molecule has 0 aliphatic carbocycles. The van der Waals surface area contributed by atoms with Crippen LogP contribution in [0, 0.1) is 0 Å². The number of methoxy groups -OCH3 is 3. The first kappa shape index (κ1) is 32.2. The molecule has 3 aromatic heterocycles. The molecule has 3 heterocycles. The molecule has 0 saturated heterocycles. The SMILES string of the molecule is CCOc1cc([C@](O)(CCN(C)C)[C@@H](c2cc3cc(Br)ccc3nc2OC)c2ccnc(OC)c2OC)cc(OCC)n1. The molecule has 0 aliphatic heterocycles. The molecule has 0 saturated carbocycles. The molecular formula is C32H39BrN4O6. The first-order valence-corrected chi connectivity index (χ1v) is 14.8. The van der Waals surface area contributed by atoms with Crippen LogP contribution < -0.4 is 23.7 Å². The summed E-state index contributed by atoms with van der Waals surface area (Å²) in [7, 11) is 8.58. The van der Waals surface area contributed by atoms with Gasteiger partial charge < -0.3 is 33.7 Å². The second-order valence-corrected chi connectivity index (χ2v) is 11.1. The Kier molecular flexibility index (Phi) is 10.6. The van der Waals surface area contributed by atoms with E-state index in [-0.39, 0.29) is 5.88 Å². The van der Waals surface area contributed by atoms with E-state index in [1.807, 2.05) is 63.2 Å². The Morgan fingerprint density at radius 2 is 1.53 bits per heavy atom. The number of pyridine rings is 3. The number of hydrogen-bond acceptors (Lipinski definition) is 10. The van der Waals surface area contributed by atoms with Gasteiger partial charge in [-0.25, -0.2) is 9.97 Å². The number of fused-ring (bicyclic) bond motifs is 1. The molecule has 4 aromatic rings. The van der Waals surface area contributed by atoms with Crippen molar-refractivity contribution in [1.82, 2.24) is 19.9 Å². The van der Waals surface area contributed by atoms with Crippen molar-refractivity contribution in [2.75, 3.05) is 55.2 Å². The molecule has 1 N–H and O–H groups in total. The van der Waals surface area contributed by atoms with E-state index in [2.05, 4.69) is 25.9 Å². The van der Waals surface area contributed by atoms with E-state index < -0.39 is 11.5 Å². The fraction of sp³-hybridized carbons (Fsp3) is 0.406. The lowest BCUT2D eigenvalue weighted by atomic mass is 9.71. The van der Waals surface area contributed by atoms with Crippen molar-refractivity contribution in [2.45, 2.75) is 31.8 Å². The van der Waals surface area contributed by atoms with Crippen molar-refractivity contribution in [2.24, 2.45) is 0 Å². The highest BCUT2D eigenvalue weighted by Gasteiger charge is 2.45. The molecule has 10 nitrogen and oxygen atoms in total. The van der Waals surface area contributed by atoms with Crippen LogP contribution in [0.2, 0.25) is 0 Å². The first-order valence-electron chi connectivity index (χ1n) is 14.0. The Morgan fingerprint density at radius 1 is 0.860 bits per heavy atom. The van der Waals surface area contributed by atoms with Gasteiger partial charge in [-0.15, -0.1) is 0 Å². The highest BCUT2D eigenvalue weighted by atomic mass is 79.9. The number of aromatic nitrogens is 3. The number of nitrogens with zero attached hydrogens (tertiary/aromatic N) is 4. The fourth-order valence-electron chi connectivity index (χ4n) is 5.24. The lowest BCUT2D eigenvalue weighted by molar-refractivity contribution is 0.00255. The summed E-state index contributed by atoms with van der Waals surface area (Å²) in [6.07, 6.45) is 1.94. The topological polar surface area (TPSA) is 108 Å². The molecule has 0 spiro atoms. The van der Waals surface area contributed by atoms with Crippen molar-refractivity contribution in [1.29, 1.82) is 0 Å². The molecular weight excluding hydrogens is 616 g/mol. The van der Waals surface area contributed by atoms with Crippen LogP contribution in [0.25, 0.3) is 10.9 Å². The average molecular weight is 656 g/mol. The van der Waals surface area contributed by atoms with Crippen LogP contribution in [0.3, 0.4) is 0 Å². The average Bonchev–Trinajstić information content (AvgIpc) is 2.99. The second kappa shape index (κ2) is 14.2. The molecule has 1 aromatic carbocycles. The number of rotatable bonds is 14. The maximum Gasteiger partial charge on any atom is 0.257 e. The molecule has 4 rings (SSSR count). The Hall–Kier alpha value is -3.67. The van der Waals surface area contributed by atoms with Crippen LogP contribution in [0.1, 0.15) is 42.9 Å². The van der Waals surface area contributed by atoms with Gasteiger partial charge in [0.1, 0.15) is 5.60 Å². The summed E-state index contributed by atoms with van der Waals surface area (Å²) in [6, 6.07) is 13.2. The van der Waals surface area contributed by atoms with Crippen LogP contribution in [0.4, 0.5) is 0 Å². The molecule has 2 atom stereocenters. The number of ether oxygens (including phenoxy) is 5.